The van der Waals surface area contributed by atoms with Crippen molar-refractivity contribution in [3.63, 3.8) is 0 Å². The second-order valence-corrected chi connectivity index (χ2v) is 4.59. The standard InChI is InChI=1S/C13H21N3O/c1-11(16-9-7-14-8-10-16)15-12-5-3-2-4-6-13(12)17/h2-5,11-12,14-15H,6-10H2,1H3. The molecule has 94 valence electrons. The highest BCUT2D eigenvalue weighted by Gasteiger charge is 2.21. The van der Waals surface area contributed by atoms with E-state index in [0.29, 0.717) is 6.42 Å². The van der Waals surface area contributed by atoms with Crippen LogP contribution in [0.15, 0.2) is 24.3 Å². The van der Waals surface area contributed by atoms with Crippen LogP contribution in [0.4, 0.5) is 0 Å². The molecule has 0 aromatic rings. The van der Waals surface area contributed by atoms with E-state index in [4.69, 9.17) is 0 Å². The number of piperazine rings is 1. The Hall–Kier alpha value is -0.970. The highest BCUT2D eigenvalue weighted by molar-refractivity contribution is 5.87. The van der Waals surface area contributed by atoms with Crippen molar-refractivity contribution in [2.45, 2.75) is 25.6 Å². The van der Waals surface area contributed by atoms with Crippen LogP contribution >= 0.6 is 0 Å². The molecule has 0 aromatic heterocycles. The van der Waals surface area contributed by atoms with Gasteiger partial charge in [-0.1, -0.05) is 24.3 Å². The fraction of sp³-hybridized carbons (Fsp3) is 0.615. The Morgan fingerprint density at radius 1 is 1.41 bits per heavy atom. The van der Waals surface area contributed by atoms with E-state index in [-0.39, 0.29) is 18.0 Å². The molecule has 2 unspecified atom stereocenters. The zero-order chi connectivity index (χ0) is 12.1. The molecule has 2 atom stereocenters. The first-order valence-electron chi connectivity index (χ1n) is 6.34. The number of hydrogen-bond donors (Lipinski definition) is 2. The van der Waals surface area contributed by atoms with E-state index in [1.165, 1.54) is 0 Å². The van der Waals surface area contributed by atoms with Crippen LogP contribution in [0.2, 0.25) is 0 Å². The average molecular weight is 235 g/mol. The van der Waals surface area contributed by atoms with Crippen molar-refractivity contribution in [1.29, 1.82) is 0 Å². The van der Waals surface area contributed by atoms with Crippen molar-refractivity contribution in [2.24, 2.45) is 0 Å². The van der Waals surface area contributed by atoms with E-state index in [1.807, 2.05) is 24.3 Å². The lowest BCUT2D eigenvalue weighted by Gasteiger charge is -2.34. The summed E-state index contributed by atoms with van der Waals surface area (Å²) in [5.74, 6) is 0.247. The molecule has 0 aromatic carbocycles. The van der Waals surface area contributed by atoms with E-state index < -0.39 is 0 Å². The average Bonchev–Trinajstić information content (AvgIpc) is 2.56. The lowest BCUT2D eigenvalue weighted by Crippen LogP contribution is -2.55. The third-order valence-corrected chi connectivity index (χ3v) is 3.34. The van der Waals surface area contributed by atoms with Gasteiger partial charge in [0.05, 0.1) is 12.2 Å². The van der Waals surface area contributed by atoms with E-state index in [1.54, 1.807) is 0 Å². The molecule has 1 aliphatic heterocycles. The predicted octanol–water partition coefficient (Wildman–Crippen LogP) is 0.281. The van der Waals surface area contributed by atoms with E-state index in [9.17, 15) is 4.79 Å². The summed E-state index contributed by atoms with van der Waals surface area (Å²) in [6, 6.07) is -0.144. The molecular formula is C13H21N3O. The minimum absolute atomic E-state index is 0.144. The van der Waals surface area contributed by atoms with Gasteiger partial charge in [0, 0.05) is 32.6 Å². The Kier molecular flexibility index (Phi) is 4.48. The van der Waals surface area contributed by atoms with Crippen LogP contribution in [0.5, 0.6) is 0 Å². The van der Waals surface area contributed by atoms with Gasteiger partial charge in [-0.05, 0) is 6.92 Å². The van der Waals surface area contributed by atoms with E-state index in [2.05, 4.69) is 22.5 Å². The molecular weight excluding hydrogens is 214 g/mol. The first kappa shape index (κ1) is 12.5. The first-order valence-corrected chi connectivity index (χ1v) is 6.34. The van der Waals surface area contributed by atoms with Gasteiger partial charge in [-0.15, -0.1) is 0 Å². The number of carbonyl (C=O) groups excluding carboxylic acids is 1. The van der Waals surface area contributed by atoms with Crippen molar-refractivity contribution >= 4 is 5.78 Å². The largest absolute Gasteiger partial charge is 0.314 e. The summed E-state index contributed by atoms with van der Waals surface area (Å²) in [6.45, 7) is 6.27. The number of allylic oxidation sites excluding steroid dienone is 3. The maximum atomic E-state index is 11.8. The lowest BCUT2D eigenvalue weighted by atomic mass is 10.1. The molecule has 0 radical (unpaired) electrons. The van der Waals surface area contributed by atoms with Crippen molar-refractivity contribution in [3.8, 4) is 0 Å². The minimum Gasteiger partial charge on any atom is -0.314 e. The Balaban J connectivity index is 1.88. The van der Waals surface area contributed by atoms with Gasteiger partial charge in [0.25, 0.3) is 0 Å². The van der Waals surface area contributed by atoms with Gasteiger partial charge in [0.15, 0.2) is 5.78 Å². The fourth-order valence-corrected chi connectivity index (χ4v) is 2.26. The molecule has 4 nitrogen and oxygen atoms in total. The predicted molar refractivity (Wildman–Crippen MR) is 68.7 cm³/mol. The molecule has 4 heteroatoms. The molecule has 1 heterocycles. The highest BCUT2D eigenvalue weighted by atomic mass is 16.1. The number of ketones is 1. The summed E-state index contributed by atoms with van der Waals surface area (Å²) < 4.78 is 0. The molecule has 2 N–H and O–H groups in total. The van der Waals surface area contributed by atoms with Crippen molar-refractivity contribution in [2.75, 3.05) is 26.2 Å². The van der Waals surface area contributed by atoms with Gasteiger partial charge in [-0.25, -0.2) is 0 Å². The smallest absolute Gasteiger partial charge is 0.157 e. The van der Waals surface area contributed by atoms with Crippen LogP contribution in [0.3, 0.4) is 0 Å². The number of carbonyl (C=O) groups is 1. The Bertz CT molecular complexity index is 319. The molecule has 0 saturated carbocycles. The first-order chi connectivity index (χ1) is 8.27. The van der Waals surface area contributed by atoms with Crippen LogP contribution in [0, 0.1) is 0 Å². The Morgan fingerprint density at radius 3 is 2.94 bits per heavy atom. The number of Topliss-reactive ketones (excluding diaryl/α,β-unsaturated/α-hetero) is 1. The second-order valence-electron chi connectivity index (χ2n) is 4.59. The second kappa shape index (κ2) is 6.10. The normalized spacial score (nSPS) is 28.1. The summed E-state index contributed by atoms with van der Waals surface area (Å²) in [5, 5.41) is 6.73. The number of hydrogen-bond acceptors (Lipinski definition) is 4. The third kappa shape index (κ3) is 3.49. The van der Waals surface area contributed by atoms with Crippen LogP contribution in [0.25, 0.3) is 0 Å². The zero-order valence-corrected chi connectivity index (χ0v) is 10.4. The zero-order valence-electron chi connectivity index (χ0n) is 10.4. The molecule has 1 aliphatic carbocycles. The van der Waals surface area contributed by atoms with Crippen LogP contribution < -0.4 is 10.6 Å². The van der Waals surface area contributed by atoms with Crippen LogP contribution in [-0.2, 0) is 4.79 Å². The fourth-order valence-electron chi connectivity index (χ4n) is 2.26. The van der Waals surface area contributed by atoms with Gasteiger partial charge in [-0.2, -0.15) is 0 Å². The number of nitrogens with zero attached hydrogens (tertiary/aromatic N) is 1. The topological polar surface area (TPSA) is 44.4 Å². The van der Waals surface area contributed by atoms with Crippen LogP contribution in [-0.4, -0.2) is 49.1 Å². The van der Waals surface area contributed by atoms with E-state index in [0.717, 1.165) is 26.2 Å². The minimum atomic E-state index is -0.144. The summed E-state index contributed by atoms with van der Waals surface area (Å²) in [7, 11) is 0. The maximum Gasteiger partial charge on any atom is 0.157 e. The molecule has 2 rings (SSSR count). The third-order valence-electron chi connectivity index (χ3n) is 3.34. The summed E-state index contributed by atoms with van der Waals surface area (Å²) in [6.07, 6.45) is 8.52. The molecule has 2 aliphatic rings. The Labute approximate surface area is 103 Å². The number of rotatable bonds is 3. The Morgan fingerprint density at radius 2 is 2.18 bits per heavy atom. The molecule has 1 fully saturated rings. The quantitative estimate of drug-likeness (QED) is 0.737. The maximum absolute atomic E-state index is 11.8. The van der Waals surface area contributed by atoms with E-state index >= 15 is 0 Å². The molecule has 17 heavy (non-hydrogen) atoms. The van der Waals surface area contributed by atoms with Crippen molar-refractivity contribution in [3.05, 3.63) is 24.3 Å². The van der Waals surface area contributed by atoms with Gasteiger partial charge in [-0.3, -0.25) is 15.0 Å². The van der Waals surface area contributed by atoms with Crippen LogP contribution in [0.1, 0.15) is 13.3 Å². The molecule has 0 amide bonds. The molecule has 0 spiro atoms. The van der Waals surface area contributed by atoms with Gasteiger partial charge in [0.2, 0.25) is 0 Å². The van der Waals surface area contributed by atoms with Gasteiger partial charge in [0.1, 0.15) is 0 Å². The number of nitrogens with one attached hydrogen (secondary N) is 2. The molecule has 1 saturated heterocycles. The monoisotopic (exact) mass is 235 g/mol. The molecule has 0 bridgehead atoms. The summed E-state index contributed by atoms with van der Waals surface area (Å²) in [5.41, 5.74) is 0. The summed E-state index contributed by atoms with van der Waals surface area (Å²) in [4.78, 5) is 14.2. The lowest BCUT2D eigenvalue weighted by molar-refractivity contribution is -0.119. The van der Waals surface area contributed by atoms with Crippen molar-refractivity contribution < 1.29 is 4.79 Å². The van der Waals surface area contributed by atoms with Gasteiger partial charge >= 0.3 is 0 Å². The van der Waals surface area contributed by atoms with Crippen molar-refractivity contribution in [1.82, 2.24) is 15.5 Å². The van der Waals surface area contributed by atoms with Gasteiger partial charge < -0.3 is 5.32 Å². The SMILES string of the molecule is CC(NC1C=CC=CCC1=O)N1CCNCC1. The summed E-state index contributed by atoms with van der Waals surface area (Å²) >= 11 is 0. The highest BCUT2D eigenvalue weighted by Crippen LogP contribution is 2.05.